The van der Waals surface area contributed by atoms with E-state index in [9.17, 15) is 0 Å². The molecule has 0 fully saturated rings. The molecular weight excluding hydrogens is 546 g/mol. The van der Waals surface area contributed by atoms with Crippen molar-refractivity contribution in [1.82, 2.24) is 0 Å². The Balaban J connectivity index is -0.0000000450. The number of hydrogen-bond acceptors (Lipinski definition) is 9. The molecule has 0 saturated carbocycles. The van der Waals surface area contributed by atoms with Gasteiger partial charge in [-0.3, -0.25) is 0 Å². The third-order valence-electron chi connectivity index (χ3n) is 0. The molecule has 0 spiro atoms. The summed E-state index contributed by atoms with van der Waals surface area (Å²) < 4.78 is 76.7. The van der Waals surface area contributed by atoms with Gasteiger partial charge >= 0.3 is 0 Å². The maximum Gasteiger partial charge on any atom is 0.216 e. The SMILES string of the molecule is [Dy].[O-][Br+2]([O-])[O-].[O-][Br+2]([O-])[O-].[O-][Br+2]([O-])[O-]. The summed E-state index contributed by atoms with van der Waals surface area (Å²) in [7, 11) is 0. The monoisotopic (exact) mass is 545 g/mol. The van der Waals surface area contributed by atoms with Crippen LogP contribution in [0.3, 0.4) is 0 Å². The molecule has 13 heavy (non-hydrogen) atoms. The van der Waals surface area contributed by atoms with Gasteiger partial charge in [0.1, 0.15) is 0 Å². The molecule has 0 saturated heterocycles. The zero-order chi connectivity index (χ0) is 10.7. The van der Waals surface area contributed by atoms with Crippen LogP contribution in [0.15, 0.2) is 0 Å². The molecule has 0 atom stereocenters. The van der Waals surface area contributed by atoms with E-state index in [4.69, 9.17) is 37.8 Å². The standard InChI is InChI=1S/3BrO3.Dy/c3*2-1(3)4;/q3*-1;. The van der Waals surface area contributed by atoms with Gasteiger partial charge in [-0.05, 0) is 0 Å². The molecule has 0 radical (unpaired) electrons. The molecule has 0 amide bonds. The Morgan fingerprint density at radius 1 is 0.385 bits per heavy atom. The van der Waals surface area contributed by atoms with E-state index in [0.29, 0.717) is 0 Å². The summed E-state index contributed by atoms with van der Waals surface area (Å²) in [5.74, 6) is 0. The summed E-state index contributed by atoms with van der Waals surface area (Å²) in [6, 6.07) is 0. The van der Waals surface area contributed by atoms with Crippen LogP contribution in [0.2, 0.25) is 0 Å². The van der Waals surface area contributed by atoms with Crippen LogP contribution in [0.5, 0.6) is 0 Å². The maximum atomic E-state index is 8.52. The van der Waals surface area contributed by atoms with Crippen molar-refractivity contribution >= 4 is 0 Å². The first-order valence-electron chi connectivity index (χ1n) is 1.39. The summed E-state index contributed by atoms with van der Waals surface area (Å²) in [6.45, 7) is 0. The van der Waals surface area contributed by atoms with Crippen LogP contribution >= 0.6 is 0 Å². The zero-order valence-corrected chi connectivity index (χ0v) is 11.9. The third kappa shape index (κ3) is 396. The molecule has 0 aromatic rings. The second-order valence-corrected chi connectivity index (χ2v) is 2.95. The van der Waals surface area contributed by atoms with Crippen LogP contribution in [0.25, 0.3) is 0 Å². The Bertz CT molecular complexity index is 43.4. The van der Waals surface area contributed by atoms with Gasteiger partial charge < -0.3 is 37.8 Å². The van der Waals surface area contributed by atoms with Crippen molar-refractivity contribution in [2.75, 3.05) is 0 Å². The number of halogens is 3. The Kier molecular flexibility index (Phi) is 37.5. The summed E-state index contributed by atoms with van der Waals surface area (Å²) >= 11 is -10.9. The van der Waals surface area contributed by atoms with Crippen LogP contribution in [0.4, 0.5) is 0 Å². The summed E-state index contributed by atoms with van der Waals surface area (Å²) in [5, 5.41) is 0. The maximum absolute atomic E-state index is 8.52. The zero-order valence-electron chi connectivity index (χ0n) is 5.12. The molecule has 13 heteroatoms. The normalized spacial score (nSPS) is 8.31. The molecule has 88 valence electrons. The Hall–Kier alpha value is 2.35. The molecule has 0 bridgehead atoms. The molecule has 0 N–H and O–H groups in total. The fourth-order valence-electron chi connectivity index (χ4n) is 0. The molecule has 0 aliphatic heterocycles. The van der Waals surface area contributed by atoms with Crippen molar-refractivity contribution in [1.29, 1.82) is 0 Å². The van der Waals surface area contributed by atoms with E-state index in [1.165, 1.54) is 0 Å². The fourth-order valence-corrected chi connectivity index (χ4v) is 0. The topological polar surface area (TPSA) is 208 Å². The van der Waals surface area contributed by atoms with Gasteiger partial charge in [-0.1, -0.05) is 0 Å². The van der Waals surface area contributed by atoms with Crippen molar-refractivity contribution < 1.29 is 120 Å². The predicted molar refractivity (Wildman–Crippen MR) is 0 cm³/mol. The van der Waals surface area contributed by atoms with E-state index >= 15 is 0 Å². The van der Waals surface area contributed by atoms with Gasteiger partial charge in [0.15, 0.2) is 0 Å². The van der Waals surface area contributed by atoms with Gasteiger partial charge in [-0.25, -0.2) is 0 Å². The van der Waals surface area contributed by atoms with Crippen LogP contribution in [-0.4, -0.2) is 0 Å². The van der Waals surface area contributed by atoms with E-state index in [1.54, 1.807) is 0 Å². The van der Waals surface area contributed by atoms with Crippen molar-refractivity contribution in [3.05, 3.63) is 0 Å². The molecule has 0 aliphatic carbocycles. The molecule has 0 rings (SSSR count). The third-order valence-corrected chi connectivity index (χ3v) is 0. The molecule has 0 heterocycles. The molecule has 9 nitrogen and oxygen atoms in total. The van der Waals surface area contributed by atoms with Gasteiger partial charge in [-0.15, -0.1) is 0 Å². The second kappa shape index (κ2) is 19.9. The van der Waals surface area contributed by atoms with E-state index < -0.39 is 44.4 Å². The van der Waals surface area contributed by atoms with Crippen molar-refractivity contribution in [3.8, 4) is 0 Å². The second-order valence-electron chi connectivity index (χ2n) is 0.567. The van der Waals surface area contributed by atoms with Gasteiger partial charge in [0.25, 0.3) is 0 Å². The fraction of sp³-hybridized carbons (Fsp3) is 0. The van der Waals surface area contributed by atoms with Gasteiger partial charge in [0.05, 0.1) is 0 Å². The van der Waals surface area contributed by atoms with Gasteiger partial charge in [0.2, 0.25) is 44.4 Å². The molecule has 0 aromatic carbocycles. The average molecular weight is 546 g/mol. The van der Waals surface area contributed by atoms with E-state index in [1.807, 2.05) is 0 Å². The smallest absolute Gasteiger partial charge is 0.216 e. The molecule has 0 aromatic heterocycles. The number of rotatable bonds is 0. The van der Waals surface area contributed by atoms with E-state index in [0.717, 1.165) is 0 Å². The first-order valence-corrected chi connectivity index (χ1v) is 7.22. The summed E-state index contributed by atoms with van der Waals surface area (Å²) in [6.07, 6.45) is 0. The largest absolute Gasteiger partial charge is 0.405 e. The van der Waals surface area contributed by atoms with E-state index in [2.05, 4.69) is 0 Å². The van der Waals surface area contributed by atoms with Crippen molar-refractivity contribution in [2.45, 2.75) is 0 Å². The minimum atomic E-state index is -3.65. The van der Waals surface area contributed by atoms with Gasteiger partial charge in [-0.2, -0.15) is 0 Å². The summed E-state index contributed by atoms with van der Waals surface area (Å²) in [5.41, 5.74) is 0. The Labute approximate surface area is 119 Å². The quantitative estimate of drug-likeness (QED) is 0.282. The van der Waals surface area contributed by atoms with Crippen LogP contribution in [0, 0.1) is 82.6 Å². The minimum absolute atomic E-state index is 0. The van der Waals surface area contributed by atoms with Crippen molar-refractivity contribution in [2.24, 2.45) is 0 Å². The van der Waals surface area contributed by atoms with Crippen LogP contribution in [-0.2, 0) is 0 Å². The van der Waals surface area contributed by atoms with Gasteiger partial charge in [0, 0.05) is 38.2 Å². The number of hydrogen-bond donors (Lipinski definition) is 0. The predicted octanol–water partition coefficient (Wildman–Crippen LogP) is -10.7. The summed E-state index contributed by atoms with van der Waals surface area (Å²) in [4.78, 5) is 0. The van der Waals surface area contributed by atoms with Crippen LogP contribution < -0.4 is 37.8 Å². The first kappa shape index (κ1) is 24.5. The molecular formula is Br3DyO9-3. The minimum Gasteiger partial charge on any atom is -0.405 e. The Morgan fingerprint density at radius 2 is 0.385 bits per heavy atom. The van der Waals surface area contributed by atoms with Crippen LogP contribution in [0.1, 0.15) is 0 Å². The molecule has 0 unspecified atom stereocenters. The first-order chi connectivity index (χ1) is 5.20. The van der Waals surface area contributed by atoms with Crippen molar-refractivity contribution in [3.63, 3.8) is 0 Å². The average Bonchev–Trinajstić information content (AvgIpc) is 1.54. The molecule has 0 aliphatic rings. The van der Waals surface area contributed by atoms with E-state index in [-0.39, 0.29) is 38.2 Å². The Morgan fingerprint density at radius 3 is 0.385 bits per heavy atom.